The number of carbonyl (C=O) groups is 1. The smallest absolute Gasteiger partial charge is 0.416 e. The molecule has 5 aromatic rings. The molecule has 0 aliphatic rings. The fourth-order valence-electron chi connectivity index (χ4n) is 3.64. The van der Waals surface area contributed by atoms with Gasteiger partial charge in [0.2, 0.25) is 0 Å². The van der Waals surface area contributed by atoms with Crippen molar-refractivity contribution < 1.29 is 22.7 Å². The van der Waals surface area contributed by atoms with Gasteiger partial charge in [-0.25, -0.2) is 19.4 Å². The predicted octanol–water partition coefficient (Wildman–Crippen LogP) is 5.27. The molecule has 0 spiro atoms. The van der Waals surface area contributed by atoms with E-state index in [0.717, 1.165) is 23.3 Å². The Morgan fingerprint density at radius 2 is 1.80 bits per heavy atom. The molecule has 0 N–H and O–H groups in total. The van der Waals surface area contributed by atoms with Gasteiger partial charge in [0.25, 0.3) is 5.82 Å². The zero-order valence-electron chi connectivity index (χ0n) is 18.4. The molecule has 3 heterocycles. The molecular weight excluding hydrogens is 459 g/mol. The molecule has 2 aromatic carbocycles. The Bertz CT molecular complexity index is 1520. The summed E-state index contributed by atoms with van der Waals surface area (Å²) in [5.41, 5.74) is 2.10. The fourth-order valence-corrected chi connectivity index (χ4v) is 3.64. The van der Waals surface area contributed by atoms with Crippen LogP contribution in [0.25, 0.3) is 22.7 Å². The van der Waals surface area contributed by atoms with Gasteiger partial charge in [-0.2, -0.15) is 13.2 Å². The molecule has 0 radical (unpaired) electrons. The Balaban J connectivity index is 1.47. The summed E-state index contributed by atoms with van der Waals surface area (Å²) >= 11 is 0. The van der Waals surface area contributed by atoms with E-state index in [-0.39, 0.29) is 23.9 Å². The van der Waals surface area contributed by atoms with Crippen molar-refractivity contribution in [2.75, 3.05) is 0 Å². The maximum Gasteiger partial charge on any atom is 0.416 e. The lowest BCUT2D eigenvalue weighted by Gasteiger charge is -2.10. The second-order valence-corrected chi connectivity index (χ2v) is 7.82. The molecule has 0 aliphatic heterocycles. The summed E-state index contributed by atoms with van der Waals surface area (Å²) in [5.74, 6) is -0.886. The van der Waals surface area contributed by atoms with Crippen molar-refractivity contribution in [2.24, 2.45) is 0 Å². The summed E-state index contributed by atoms with van der Waals surface area (Å²) in [6.45, 7) is 1.81. The minimum atomic E-state index is -4.53. The van der Waals surface area contributed by atoms with E-state index in [1.807, 2.05) is 29.7 Å². The summed E-state index contributed by atoms with van der Waals surface area (Å²) in [6, 6.07) is 17.2. The van der Waals surface area contributed by atoms with Gasteiger partial charge in [0.15, 0.2) is 5.82 Å². The fraction of sp³-hybridized carbons (Fsp3) is 0.120. The topological polar surface area (TPSA) is 74.3 Å². The highest BCUT2D eigenvalue weighted by atomic mass is 19.4. The molecule has 0 aliphatic carbocycles. The minimum Gasteiger partial charge on any atom is -0.453 e. The van der Waals surface area contributed by atoms with Crippen molar-refractivity contribution in [3.8, 4) is 17.1 Å². The van der Waals surface area contributed by atoms with Gasteiger partial charge in [-0.05, 0) is 36.8 Å². The van der Waals surface area contributed by atoms with Crippen molar-refractivity contribution in [3.05, 3.63) is 102 Å². The van der Waals surface area contributed by atoms with Crippen LogP contribution < -0.4 is 0 Å². The number of benzene rings is 2. The largest absolute Gasteiger partial charge is 0.453 e. The molecular formula is C25H18F3N5O2. The Labute approximate surface area is 197 Å². The monoisotopic (exact) mass is 477 g/mol. The summed E-state index contributed by atoms with van der Waals surface area (Å²) in [4.78, 5) is 21.5. The first-order valence-corrected chi connectivity index (χ1v) is 10.6. The average molecular weight is 477 g/mol. The number of imidazole rings is 1. The summed E-state index contributed by atoms with van der Waals surface area (Å²) in [5, 5.41) is 4.19. The second-order valence-electron chi connectivity index (χ2n) is 7.82. The van der Waals surface area contributed by atoms with E-state index in [9.17, 15) is 18.0 Å². The van der Waals surface area contributed by atoms with Crippen LogP contribution in [-0.4, -0.2) is 30.1 Å². The van der Waals surface area contributed by atoms with Gasteiger partial charge in [-0.3, -0.25) is 0 Å². The first-order valence-electron chi connectivity index (χ1n) is 10.6. The van der Waals surface area contributed by atoms with Crippen LogP contribution in [0.4, 0.5) is 13.2 Å². The molecule has 0 unspecified atom stereocenters. The molecule has 0 saturated heterocycles. The van der Waals surface area contributed by atoms with Crippen LogP contribution >= 0.6 is 0 Å². The number of carbonyl (C=O) groups excluding carboxylic acids is 1. The van der Waals surface area contributed by atoms with E-state index in [1.54, 1.807) is 36.5 Å². The summed E-state index contributed by atoms with van der Waals surface area (Å²) in [6.07, 6.45) is -0.942. The normalized spacial score (nSPS) is 11.7. The Morgan fingerprint density at radius 1 is 1.00 bits per heavy atom. The van der Waals surface area contributed by atoms with Crippen molar-refractivity contribution in [3.63, 3.8) is 0 Å². The Kier molecular flexibility index (Phi) is 5.56. The van der Waals surface area contributed by atoms with E-state index in [1.165, 1.54) is 16.8 Å². The number of fused-ring (bicyclic) bond motifs is 1. The lowest BCUT2D eigenvalue weighted by Crippen LogP contribution is -2.09. The van der Waals surface area contributed by atoms with Crippen LogP contribution in [0.5, 0.6) is 0 Å². The second kappa shape index (κ2) is 8.71. The minimum absolute atomic E-state index is 0.112. The number of aryl methyl sites for hydroxylation is 1. The molecule has 0 amide bonds. The number of esters is 1. The average Bonchev–Trinajstić information content (AvgIpc) is 3.48. The maximum absolute atomic E-state index is 13.3. The third kappa shape index (κ3) is 4.50. The van der Waals surface area contributed by atoms with Crippen molar-refractivity contribution in [2.45, 2.75) is 19.7 Å². The van der Waals surface area contributed by atoms with Crippen LogP contribution in [0.3, 0.4) is 0 Å². The molecule has 0 atom stereocenters. The first-order chi connectivity index (χ1) is 16.8. The number of hydrogen-bond acceptors (Lipinski definition) is 5. The number of hydrogen-bond donors (Lipinski definition) is 0. The molecule has 3 aromatic heterocycles. The molecule has 176 valence electrons. The first kappa shape index (κ1) is 22.3. The zero-order valence-corrected chi connectivity index (χ0v) is 18.4. The standard InChI is InChI=1S/C25H18F3N5O2/c1-16-7-6-12-32-14-19(29-22(16)32)15-35-24(34)21-30-23(17-8-3-2-4-9-17)33(31-21)20-11-5-10-18(13-20)25(26,27)28/h2-14H,15H2,1H3. The molecule has 5 rings (SSSR count). The highest BCUT2D eigenvalue weighted by molar-refractivity contribution is 5.86. The van der Waals surface area contributed by atoms with Crippen LogP contribution in [0.15, 0.2) is 79.1 Å². The van der Waals surface area contributed by atoms with E-state index in [0.29, 0.717) is 11.3 Å². The van der Waals surface area contributed by atoms with Gasteiger partial charge in [0.05, 0.1) is 16.9 Å². The lowest BCUT2D eigenvalue weighted by molar-refractivity contribution is -0.137. The summed E-state index contributed by atoms with van der Waals surface area (Å²) in [7, 11) is 0. The SMILES string of the molecule is Cc1cccn2cc(COC(=O)c3nc(-c4ccccc4)n(-c4cccc(C(F)(F)F)c4)n3)nc12. The molecule has 0 bridgehead atoms. The van der Waals surface area contributed by atoms with Gasteiger partial charge in [-0.1, -0.05) is 42.5 Å². The number of pyridine rings is 1. The number of halogens is 3. The van der Waals surface area contributed by atoms with E-state index < -0.39 is 17.7 Å². The maximum atomic E-state index is 13.3. The molecule has 7 nitrogen and oxygen atoms in total. The number of aromatic nitrogens is 5. The van der Waals surface area contributed by atoms with Crippen LogP contribution in [0.2, 0.25) is 0 Å². The Morgan fingerprint density at radius 3 is 2.54 bits per heavy atom. The van der Waals surface area contributed by atoms with Crippen LogP contribution in [0, 0.1) is 6.92 Å². The van der Waals surface area contributed by atoms with Crippen LogP contribution in [0.1, 0.15) is 27.4 Å². The highest BCUT2D eigenvalue weighted by Gasteiger charge is 2.31. The van der Waals surface area contributed by atoms with Crippen molar-refractivity contribution in [1.82, 2.24) is 24.1 Å². The van der Waals surface area contributed by atoms with Crippen LogP contribution in [-0.2, 0) is 17.5 Å². The number of rotatable bonds is 5. The third-order valence-electron chi connectivity index (χ3n) is 5.32. The highest BCUT2D eigenvalue weighted by Crippen LogP contribution is 2.31. The third-order valence-corrected chi connectivity index (χ3v) is 5.32. The van der Waals surface area contributed by atoms with E-state index in [2.05, 4.69) is 15.1 Å². The Hall–Kier alpha value is -4.47. The molecule has 0 saturated carbocycles. The number of alkyl halides is 3. The number of nitrogens with zero attached hydrogens (tertiary/aromatic N) is 5. The van der Waals surface area contributed by atoms with Gasteiger partial charge in [-0.15, -0.1) is 5.10 Å². The van der Waals surface area contributed by atoms with Gasteiger partial charge in [0, 0.05) is 18.0 Å². The van der Waals surface area contributed by atoms with Crippen molar-refractivity contribution in [1.29, 1.82) is 0 Å². The van der Waals surface area contributed by atoms with E-state index >= 15 is 0 Å². The predicted molar refractivity (Wildman–Crippen MR) is 121 cm³/mol. The van der Waals surface area contributed by atoms with Crippen molar-refractivity contribution >= 4 is 11.6 Å². The van der Waals surface area contributed by atoms with Gasteiger partial charge in [0.1, 0.15) is 12.3 Å². The van der Waals surface area contributed by atoms with E-state index in [4.69, 9.17) is 4.74 Å². The molecule has 10 heteroatoms. The van der Waals surface area contributed by atoms with Gasteiger partial charge < -0.3 is 9.14 Å². The summed E-state index contributed by atoms with van der Waals surface area (Å²) < 4.78 is 48.2. The quantitative estimate of drug-likeness (QED) is 0.323. The van der Waals surface area contributed by atoms with Gasteiger partial charge >= 0.3 is 12.1 Å². The molecule has 35 heavy (non-hydrogen) atoms. The molecule has 0 fully saturated rings. The lowest BCUT2D eigenvalue weighted by atomic mass is 10.2. The zero-order chi connectivity index (χ0) is 24.6. The number of ether oxygens (including phenoxy) is 1.